The maximum atomic E-state index is 12.4. The highest BCUT2D eigenvalue weighted by atomic mass is 32.2. The quantitative estimate of drug-likeness (QED) is 0.776. The number of nitrogens with zero attached hydrogens (tertiary/aromatic N) is 3. The Balaban J connectivity index is 1.84. The summed E-state index contributed by atoms with van der Waals surface area (Å²) in [4.78, 5) is 22.2. The van der Waals surface area contributed by atoms with Crippen LogP contribution in [0.4, 0.5) is 4.79 Å². The van der Waals surface area contributed by atoms with Gasteiger partial charge >= 0.3 is 6.09 Å². The summed E-state index contributed by atoms with van der Waals surface area (Å²) >= 11 is 0. The Morgan fingerprint density at radius 1 is 1.29 bits per heavy atom. The summed E-state index contributed by atoms with van der Waals surface area (Å²) in [7, 11) is -3.44. The van der Waals surface area contributed by atoms with Gasteiger partial charge in [-0.3, -0.25) is 4.90 Å². The van der Waals surface area contributed by atoms with E-state index in [1.807, 2.05) is 20.8 Å². The van der Waals surface area contributed by atoms with E-state index in [1.54, 1.807) is 11.0 Å². The first-order valence-electron chi connectivity index (χ1n) is 8.25. The third kappa shape index (κ3) is 3.53. The second-order valence-electron chi connectivity index (χ2n) is 7.34. The van der Waals surface area contributed by atoms with Crippen molar-refractivity contribution in [2.75, 3.05) is 6.54 Å². The molecule has 2 aliphatic rings. The number of rotatable bonds is 3. The van der Waals surface area contributed by atoms with E-state index in [4.69, 9.17) is 4.74 Å². The Hall–Kier alpha value is -1.70. The number of hydrogen-bond donors (Lipinski definition) is 0. The molecule has 1 atom stereocenters. The normalized spacial score (nSPS) is 21.8. The summed E-state index contributed by atoms with van der Waals surface area (Å²) in [6, 6.07) is 1.41. The van der Waals surface area contributed by atoms with Gasteiger partial charge in [0.2, 0.25) is 15.0 Å². The highest BCUT2D eigenvalue weighted by Gasteiger charge is 2.40. The summed E-state index contributed by atoms with van der Waals surface area (Å²) in [5.74, 6) is 0. The van der Waals surface area contributed by atoms with Crippen molar-refractivity contribution in [3.05, 3.63) is 18.0 Å². The van der Waals surface area contributed by atoms with Gasteiger partial charge in [0.25, 0.3) is 0 Å². The van der Waals surface area contributed by atoms with Crippen molar-refractivity contribution in [3.63, 3.8) is 0 Å². The van der Waals surface area contributed by atoms with Gasteiger partial charge in [0.15, 0.2) is 0 Å². The van der Waals surface area contributed by atoms with Crippen molar-refractivity contribution in [1.29, 1.82) is 0 Å². The molecular formula is C16H23N3O4S. The van der Waals surface area contributed by atoms with E-state index in [0.717, 1.165) is 12.8 Å². The predicted octanol–water partition coefficient (Wildman–Crippen LogP) is 2.48. The van der Waals surface area contributed by atoms with Crippen molar-refractivity contribution in [2.24, 2.45) is 0 Å². The molecule has 0 N–H and O–H groups in total. The fourth-order valence-corrected chi connectivity index (χ4v) is 4.31. The maximum absolute atomic E-state index is 12.4. The number of amides is 1. The highest BCUT2D eigenvalue weighted by Crippen LogP contribution is 2.35. The van der Waals surface area contributed by atoms with E-state index >= 15 is 0 Å². The summed E-state index contributed by atoms with van der Waals surface area (Å²) in [5, 5.41) is -0.475. The number of aromatic nitrogens is 2. The molecule has 1 saturated carbocycles. The van der Waals surface area contributed by atoms with Gasteiger partial charge in [-0.2, -0.15) is 0 Å². The van der Waals surface area contributed by atoms with E-state index in [2.05, 4.69) is 9.97 Å². The largest absolute Gasteiger partial charge is 0.444 e. The minimum absolute atomic E-state index is 0.126. The van der Waals surface area contributed by atoms with Crippen molar-refractivity contribution < 1.29 is 17.9 Å². The maximum Gasteiger partial charge on any atom is 0.410 e. The van der Waals surface area contributed by atoms with Crippen LogP contribution in [0.3, 0.4) is 0 Å². The van der Waals surface area contributed by atoms with Crippen LogP contribution >= 0.6 is 0 Å². The van der Waals surface area contributed by atoms with E-state index in [1.165, 1.54) is 6.20 Å². The molecule has 0 radical (unpaired) electrons. The molecule has 0 spiro atoms. The summed E-state index contributed by atoms with van der Waals surface area (Å²) in [6.07, 6.45) is 3.98. The van der Waals surface area contributed by atoms with E-state index in [0.29, 0.717) is 25.1 Å². The minimum Gasteiger partial charge on any atom is -0.444 e. The second-order valence-corrected chi connectivity index (χ2v) is 9.46. The fourth-order valence-electron chi connectivity index (χ4n) is 2.82. The molecule has 1 saturated heterocycles. The average molecular weight is 353 g/mol. The van der Waals surface area contributed by atoms with Crippen molar-refractivity contribution >= 4 is 15.9 Å². The van der Waals surface area contributed by atoms with Crippen LogP contribution in [0.15, 0.2) is 17.4 Å². The average Bonchev–Trinajstić information content (AvgIpc) is 3.23. The van der Waals surface area contributed by atoms with Gasteiger partial charge in [0.1, 0.15) is 5.60 Å². The van der Waals surface area contributed by atoms with Crippen molar-refractivity contribution in [1.82, 2.24) is 14.9 Å². The molecule has 8 heteroatoms. The van der Waals surface area contributed by atoms with Gasteiger partial charge < -0.3 is 4.74 Å². The number of carbonyl (C=O) groups excluding carboxylic acids is 1. The number of sulfone groups is 1. The Morgan fingerprint density at radius 3 is 2.62 bits per heavy atom. The number of likely N-dealkylation sites (tertiary alicyclic amines) is 1. The standard InChI is InChI=1S/C16H23N3O4S/c1-16(2,3)23-15(20)19-10-4-5-13(19)12-8-9-17-14(18-12)24(21,22)11-6-7-11/h8-9,11,13H,4-7,10H2,1-3H3. The van der Waals surface area contributed by atoms with Crippen LogP contribution in [0, 0.1) is 0 Å². The SMILES string of the molecule is CC(C)(C)OC(=O)N1CCCC1c1ccnc(S(=O)(=O)C2CC2)n1. The van der Waals surface area contributed by atoms with Gasteiger partial charge in [0.05, 0.1) is 17.0 Å². The van der Waals surface area contributed by atoms with Crippen LogP contribution in [-0.2, 0) is 14.6 Å². The molecule has 1 amide bonds. The number of carbonyl (C=O) groups is 1. The molecule has 1 aliphatic carbocycles. The molecule has 2 heterocycles. The fraction of sp³-hybridized carbons (Fsp3) is 0.688. The van der Waals surface area contributed by atoms with Gasteiger partial charge in [-0.25, -0.2) is 23.2 Å². The zero-order valence-corrected chi connectivity index (χ0v) is 15.0. The molecule has 132 valence electrons. The van der Waals surface area contributed by atoms with E-state index in [9.17, 15) is 13.2 Å². The Labute approximate surface area is 142 Å². The van der Waals surface area contributed by atoms with Crippen LogP contribution in [0.1, 0.15) is 58.2 Å². The van der Waals surface area contributed by atoms with Crippen LogP contribution < -0.4 is 0 Å². The van der Waals surface area contributed by atoms with Crippen LogP contribution in [0.2, 0.25) is 0 Å². The highest BCUT2D eigenvalue weighted by molar-refractivity contribution is 7.92. The zero-order valence-electron chi connectivity index (χ0n) is 14.2. The third-order valence-corrected chi connectivity index (χ3v) is 6.15. The van der Waals surface area contributed by atoms with Gasteiger partial charge in [0, 0.05) is 12.7 Å². The Kier molecular flexibility index (Phi) is 4.27. The smallest absolute Gasteiger partial charge is 0.410 e. The predicted molar refractivity (Wildman–Crippen MR) is 87.2 cm³/mol. The lowest BCUT2D eigenvalue weighted by molar-refractivity contribution is 0.0221. The molecule has 1 aromatic heterocycles. The zero-order chi connectivity index (χ0) is 17.5. The molecule has 1 aliphatic heterocycles. The Bertz CT molecular complexity index is 738. The number of ether oxygens (including phenoxy) is 1. The second kappa shape index (κ2) is 5.98. The van der Waals surface area contributed by atoms with Crippen LogP contribution in [-0.4, -0.2) is 46.8 Å². The van der Waals surface area contributed by atoms with Gasteiger partial charge in [-0.15, -0.1) is 0 Å². The van der Waals surface area contributed by atoms with Crippen LogP contribution in [0.25, 0.3) is 0 Å². The van der Waals surface area contributed by atoms with Crippen molar-refractivity contribution in [2.45, 2.75) is 68.5 Å². The van der Waals surface area contributed by atoms with Gasteiger partial charge in [-0.1, -0.05) is 0 Å². The van der Waals surface area contributed by atoms with Crippen LogP contribution in [0.5, 0.6) is 0 Å². The topological polar surface area (TPSA) is 89.5 Å². The lowest BCUT2D eigenvalue weighted by Crippen LogP contribution is -2.36. The monoisotopic (exact) mass is 353 g/mol. The van der Waals surface area contributed by atoms with E-state index < -0.39 is 21.5 Å². The molecule has 7 nitrogen and oxygen atoms in total. The summed E-state index contributed by atoms with van der Waals surface area (Å²) < 4.78 is 30.1. The summed E-state index contributed by atoms with van der Waals surface area (Å²) in [6.45, 7) is 6.04. The first-order chi connectivity index (χ1) is 11.2. The lowest BCUT2D eigenvalue weighted by atomic mass is 10.1. The molecular weight excluding hydrogens is 330 g/mol. The van der Waals surface area contributed by atoms with Gasteiger partial charge in [-0.05, 0) is 52.5 Å². The molecule has 2 fully saturated rings. The molecule has 1 unspecified atom stereocenters. The van der Waals surface area contributed by atoms with Crippen molar-refractivity contribution in [3.8, 4) is 0 Å². The third-order valence-electron chi connectivity index (χ3n) is 4.09. The Morgan fingerprint density at radius 2 is 2.00 bits per heavy atom. The molecule has 1 aromatic rings. The molecule has 0 aromatic carbocycles. The minimum atomic E-state index is -3.44. The first kappa shape index (κ1) is 17.1. The lowest BCUT2D eigenvalue weighted by Gasteiger charge is -2.28. The summed E-state index contributed by atoms with van der Waals surface area (Å²) in [5.41, 5.74) is -0.0105. The molecule has 0 bridgehead atoms. The van der Waals surface area contributed by atoms with E-state index in [-0.39, 0.29) is 16.4 Å². The number of hydrogen-bond acceptors (Lipinski definition) is 6. The first-order valence-corrected chi connectivity index (χ1v) is 9.79. The molecule has 3 rings (SSSR count). The molecule has 24 heavy (non-hydrogen) atoms.